The molecule has 0 fully saturated rings. The van der Waals surface area contributed by atoms with Gasteiger partial charge in [-0.25, -0.2) is 0 Å². The molecule has 2 aromatic carbocycles. The van der Waals surface area contributed by atoms with Gasteiger partial charge in [-0.1, -0.05) is 55.5 Å². The molecule has 0 aliphatic carbocycles. The van der Waals surface area contributed by atoms with Crippen molar-refractivity contribution in [3.8, 4) is 0 Å². The number of benzene rings is 2. The van der Waals surface area contributed by atoms with Gasteiger partial charge in [-0.2, -0.15) is 0 Å². The van der Waals surface area contributed by atoms with Crippen molar-refractivity contribution < 1.29 is 0 Å². The first kappa shape index (κ1) is 12.6. The van der Waals surface area contributed by atoms with Gasteiger partial charge in [0.05, 0.1) is 0 Å². The van der Waals surface area contributed by atoms with Crippen molar-refractivity contribution in [3.63, 3.8) is 0 Å². The van der Waals surface area contributed by atoms with Crippen molar-refractivity contribution in [2.45, 2.75) is 27.2 Å². The maximum atomic E-state index is 2.28. The molecule has 2 aromatic rings. The van der Waals surface area contributed by atoms with Gasteiger partial charge in [0.1, 0.15) is 0 Å². The van der Waals surface area contributed by atoms with Crippen LogP contribution in [0, 0.1) is 0 Å². The first-order chi connectivity index (χ1) is 8.81. The summed E-state index contributed by atoms with van der Waals surface area (Å²) in [6.07, 6.45) is 9.71. The lowest BCUT2D eigenvalue weighted by molar-refractivity contribution is 1.15. The lowest BCUT2D eigenvalue weighted by atomic mass is 9.92. The quantitative estimate of drug-likeness (QED) is 0.663. The van der Waals surface area contributed by atoms with Gasteiger partial charge in [0.2, 0.25) is 0 Å². The minimum Gasteiger partial charge on any atom is -0.0870 e. The highest BCUT2D eigenvalue weighted by Gasteiger charge is 2.07. The Morgan fingerprint density at radius 1 is 1.00 bits per heavy atom. The fourth-order valence-electron chi connectivity index (χ4n) is 2.52. The van der Waals surface area contributed by atoms with E-state index in [4.69, 9.17) is 0 Å². The molecule has 0 aromatic heterocycles. The molecule has 0 saturated carbocycles. The summed E-state index contributed by atoms with van der Waals surface area (Å²) in [7, 11) is 0. The predicted octanol–water partition coefficient (Wildman–Crippen LogP) is 5.47. The molecule has 0 radical (unpaired) electrons. The van der Waals surface area contributed by atoms with E-state index in [-0.39, 0.29) is 0 Å². The summed E-state index contributed by atoms with van der Waals surface area (Å²) in [6, 6.07) is 10.9. The highest BCUT2D eigenvalue weighted by Crippen LogP contribution is 2.28. The Morgan fingerprint density at radius 3 is 2.39 bits per heavy atom. The second kappa shape index (κ2) is 5.68. The number of hydrogen-bond acceptors (Lipinski definition) is 0. The molecule has 0 N–H and O–H groups in total. The first-order valence-electron chi connectivity index (χ1n) is 6.61. The Kier molecular flexibility index (Phi) is 3.99. The molecule has 0 spiro atoms. The van der Waals surface area contributed by atoms with Crippen LogP contribution in [0.3, 0.4) is 0 Å². The van der Waals surface area contributed by atoms with Crippen LogP contribution in [0.1, 0.15) is 37.5 Å². The third-order valence-corrected chi connectivity index (χ3v) is 3.27. The number of hydrogen-bond donors (Lipinski definition) is 0. The van der Waals surface area contributed by atoms with Crippen molar-refractivity contribution in [1.29, 1.82) is 0 Å². The molecule has 0 amide bonds. The van der Waals surface area contributed by atoms with Crippen molar-refractivity contribution in [2.75, 3.05) is 0 Å². The molecule has 18 heavy (non-hydrogen) atoms. The summed E-state index contributed by atoms with van der Waals surface area (Å²) in [4.78, 5) is 0. The lowest BCUT2D eigenvalue weighted by Crippen LogP contribution is -1.93. The third-order valence-electron chi connectivity index (χ3n) is 3.27. The highest BCUT2D eigenvalue weighted by molar-refractivity contribution is 5.92. The van der Waals surface area contributed by atoms with E-state index in [1.165, 1.54) is 27.5 Å². The average molecular weight is 236 g/mol. The third kappa shape index (κ3) is 2.24. The fourth-order valence-corrected chi connectivity index (χ4v) is 2.52. The van der Waals surface area contributed by atoms with Gasteiger partial charge in [0.15, 0.2) is 0 Å². The van der Waals surface area contributed by atoms with Gasteiger partial charge >= 0.3 is 0 Å². The standard InChI is InChI=1S/C18H20/c1-4-9-14-13-15-11-7-8-12-18(15)16(6-3)17(14)10-5-2/h4-5,7-13H,6H2,1-3H3/b9-4-,10-5-. The second-order valence-electron chi connectivity index (χ2n) is 4.43. The zero-order valence-corrected chi connectivity index (χ0v) is 11.4. The fraction of sp³-hybridized carbons (Fsp3) is 0.222. The molecular formula is C18H20. The minimum atomic E-state index is 1.06. The maximum Gasteiger partial charge on any atom is -0.0146 e. The zero-order valence-electron chi connectivity index (χ0n) is 11.4. The SMILES string of the molecule is C/C=C\c1cc2ccccc2c(CC)c1/C=C\C. The number of fused-ring (bicyclic) bond motifs is 1. The molecule has 0 saturated heterocycles. The Labute approximate surface area is 110 Å². The van der Waals surface area contributed by atoms with Crippen molar-refractivity contribution in [1.82, 2.24) is 0 Å². The van der Waals surface area contributed by atoms with Crippen molar-refractivity contribution in [3.05, 3.63) is 59.2 Å². The van der Waals surface area contributed by atoms with Crippen LogP contribution >= 0.6 is 0 Å². The van der Waals surface area contributed by atoms with Crippen molar-refractivity contribution >= 4 is 22.9 Å². The molecule has 2 rings (SSSR count). The summed E-state index contributed by atoms with van der Waals surface area (Å²) in [5, 5.41) is 2.71. The highest BCUT2D eigenvalue weighted by atomic mass is 14.1. The molecule has 0 heteroatoms. The van der Waals surface area contributed by atoms with E-state index < -0.39 is 0 Å². The van der Waals surface area contributed by atoms with Gasteiger partial charge in [-0.3, -0.25) is 0 Å². The van der Waals surface area contributed by atoms with Crippen LogP contribution in [-0.2, 0) is 6.42 Å². The predicted molar refractivity (Wildman–Crippen MR) is 82.7 cm³/mol. The Hall–Kier alpha value is -1.82. The van der Waals surface area contributed by atoms with E-state index in [1.807, 2.05) is 0 Å². The van der Waals surface area contributed by atoms with Crippen LogP contribution in [0.5, 0.6) is 0 Å². The molecule has 92 valence electrons. The van der Waals surface area contributed by atoms with Gasteiger partial charge in [0, 0.05) is 0 Å². The summed E-state index contributed by atoms with van der Waals surface area (Å²) >= 11 is 0. The van der Waals surface area contributed by atoms with Crippen molar-refractivity contribution in [2.24, 2.45) is 0 Å². The van der Waals surface area contributed by atoms with Gasteiger partial charge in [-0.05, 0) is 53.8 Å². The summed E-state index contributed by atoms with van der Waals surface area (Å²) in [5.74, 6) is 0. The molecule has 0 nitrogen and oxygen atoms in total. The van der Waals surface area contributed by atoms with Gasteiger partial charge in [0.25, 0.3) is 0 Å². The van der Waals surface area contributed by atoms with Crippen LogP contribution in [-0.4, -0.2) is 0 Å². The topological polar surface area (TPSA) is 0 Å². The Balaban J connectivity index is 2.86. The summed E-state index contributed by atoms with van der Waals surface area (Å²) < 4.78 is 0. The average Bonchev–Trinajstić information content (AvgIpc) is 2.40. The van der Waals surface area contributed by atoms with E-state index >= 15 is 0 Å². The zero-order chi connectivity index (χ0) is 13.0. The number of aryl methyl sites for hydroxylation is 1. The Bertz CT molecular complexity index is 601. The molecule has 0 aliphatic heterocycles. The van der Waals surface area contributed by atoms with E-state index in [9.17, 15) is 0 Å². The molecular weight excluding hydrogens is 216 g/mol. The van der Waals surface area contributed by atoms with Gasteiger partial charge < -0.3 is 0 Å². The van der Waals surface area contributed by atoms with Crippen LogP contribution in [0.15, 0.2) is 42.5 Å². The van der Waals surface area contributed by atoms with Crippen LogP contribution in [0.25, 0.3) is 22.9 Å². The van der Waals surface area contributed by atoms with Crippen LogP contribution in [0.2, 0.25) is 0 Å². The minimum absolute atomic E-state index is 1.06. The molecule has 0 heterocycles. The normalized spacial score (nSPS) is 11.9. The lowest BCUT2D eigenvalue weighted by Gasteiger charge is -2.12. The maximum absolute atomic E-state index is 2.28. The van der Waals surface area contributed by atoms with Crippen LogP contribution in [0.4, 0.5) is 0 Å². The number of allylic oxidation sites excluding steroid dienone is 2. The summed E-state index contributed by atoms with van der Waals surface area (Å²) in [6.45, 7) is 6.38. The van der Waals surface area contributed by atoms with E-state index in [2.05, 4.69) is 75.4 Å². The van der Waals surface area contributed by atoms with E-state index in [0.717, 1.165) is 6.42 Å². The van der Waals surface area contributed by atoms with Crippen LogP contribution < -0.4 is 0 Å². The summed E-state index contributed by atoms with van der Waals surface area (Å²) in [5.41, 5.74) is 4.11. The van der Waals surface area contributed by atoms with E-state index in [1.54, 1.807) is 0 Å². The molecule has 0 atom stereocenters. The molecule has 0 aliphatic rings. The smallest absolute Gasteiger partial charge is 0.0146 e. The Morgan fingerprint density at radius 2 is 1.72 bits per heavy atom. The first-order valence-corrected chi connectivity index (χ1v) is 6.61. The van der Waals surface area contributed by atoms with Gasteiger partial charge in [-0.15, -0.1) is 0 Å². The number of rotatable bonds is 3. The monoisotopic (exact) mass is 236 g/mol. The largest absolute Gasteiger partial charge is 0.0870 e. The van der Waals surface area contributed by atoms with E-state index in [0.29, 0.717) is 0 Å². The second-order valence-corrected chi connectivity index (χ2v) is 4.43. The molecule has 0 bridgehead atoms. The molecule has 0 unspecified atom stereocenters.